The third-order valence-electron chi connectivity index (χ3n) is 5.91. The van der Waals surface area contributed by atoms with Gasteiger partial charge < -0.3 is 5.32 Å². The maximum absolute atomic E-state index is 3.71. The highest BCUT2D eigenvalue weighted by atomic mass is 14.9. The molecule has 0 amide bonds. The van der Waals surface area contributed by atoms with Crippen LogP contribution < -0.4 is 5.32 Å². The molecule has 6 rings (SSSR count). The van der Waals surface area contributed by atoms with Crippen LogP contribution in [0.5, 0.6) is 0 Å². The topological polar surface area (TPSA) is 12.0 Å². The Labute approximate surface area is 159 Å². The predicted octanol–water partition coefficient (Wildman–Crippen LogP) is 6.57. The van der Waals surface area contributed by atoms with Gasteiger partial charge in [-0.3, -0.25) is 0 Å². The summed E-state index contributed by atoms with van der Waals surface area (Å²) >= 11 is 0. The number of anilines is 2. The number of fused-ring (bicyclic) bond motifs is 5. The Bertz CT molecular complexity index is 1190. The number of hydrogen-bond acceptors (Lipinski definition) is 1. The van der Waals surface area contributed by atoms with Crippen molar-refractivity contribution in [1.82, 2.24) is 0 Å². The van der Waals surface area contributed by atoms with Crippen molar-refractivity contribution < 1.29 is 0 Å². The highest BCUT2D eigenvalue weighted by Gasteiger charge is 2.24. The van der Waals surface area contributed by atoms with Crippen LogP contribution >= 0.6 is 0 Å². The summed E-state index contributed by atoms with van der Waals surface area (Å²) in [5.74, 6) is 0. The standard InChI is InChI=1S/C26H19N/c1-2-7-17(8-3-1)21-11-6-12-25-24(21)15-20-14-23-19(16-26(20)27-25)13-18-9-4-5-10-22(18)23/h1-12,14,16,27H,13,15H2. The van der Waals surface area contributed by atoms with Gasteiger partial charge in [0.05, 0.1) is 0 Å². The Morgan fingerprint density at radius 2 is 1.33 bits per heavy atom. The summed E-state index contributed by atoms with van der Waals surface area (Å²) in [5, 5.41) is 3.71. The first-order valence-corrected chi connectivity index (χ1v) is 9.55. The van der Waals surface area contributed by atoms with E-state index in [1.807, 2.05) is 0 Å². The summed E-state index contributed by atoms with van der Waals surface area (Å²) in [4.78, 5) is 0. The van der Waals surface area contributed by atoms with Gasteiger partial charge >= 0.3 is 0 Å². The van der Waals surface area contributed by atoms with E-state index in [4.69, 9.17) is 0 Å². The van der Waals surface area contributed by atoms with E-state index in [-0.39, 0.29) is 0 Å². The number of hydrogen-bond donors (Lipinski definition) is 1. The van der Waals surface area contributed by atoms with E-state index in [1.165, 1.54) is 55.9 Å². The summed E-state index contributed by atoms with van der Waals surface area (Å²) in [7, 11) is 0. The normalized spacial score (nSPS) is 13.2. The number of rotatable bonds is 1. The molecule has 0 atom stereocenters. The molecule has 0 unspecified atom stereocenters. The van der Waals surface area contributed by atoms with Gasteiger partial charge in [-0.1, -0.05) is 66.7 Å². The lowest BCUT2D eigenvalue weighted by molar-refractivity contribution is 1.15. The van der Waals surface area contributed by atoms with Crippen molar-refractivity contribution in [3.05, 3.63) is 107 Å². The molecule has 1 aliphatic carbocycles. The van der Waals surface area contributed by atoms with Gasteiger partial charge in [-0.05, 0) is 69.1 Å². The van der Waals surface area contributed by atoms with Crippen molar-refractivity contribution in [3.63, 3.8) is 0 Å². The van der Waals surface area contributed by atoms with Crippen LogP contribution in [0.15, 0.2) is 84.9 Å². The van der Waals surface area contributed by atoms with E-state index in [9.17, 15) is 0 Å². The lowest BCUT2D eigenvalue weighted by Gasteiger charge is -2.25. The molecule has 1 aliphatic heterocycles. The third-order valence-corrected chi connectivity index (χ3v) is 5.91. The monoisotopic (exact) mass is 345 g/mol. The molecule has 0 saturated carbocycles. The first-order chi connectivity index (χ1) is 13.4. The fourth-order valence-electron chi connectivity index (χ4n) is 4.61. The minimum atomic E-state index is 0.970. The summed E-state index contributed by atoms with van der Waals surface area (Å²) in [6, 6.07) is 30.9. The number of nitrogens with one attached hydrogen (secondary N) is 1. The summed E-state index contributed by atoms with van der Waals surface area (Å²) in [6.07, 6.45) is 2.01. The number of benzene rings is 4. The second kappa shape index (κ2) is 5.59. The van der Waals surface area contributed by atoms with Crippen LogP contribution in [0.4, 0.5) is 11.4 Å². The van der Waals surface area contributed by atoms with Crippen molar-refractivity contribution in [1.29, 1.82) is 0 Å². The fourth-order valence-corrected chi connectivity index (χ4v) is 4.61. The average Bonchev–Trinajstić information content (AvgIpc) is 3.08. The zero-order valence-corrected chi connectivity index (χ0v) is 15.0. The van der Waals surface area contributed by atoms with Crippen molar-refractivity contribution in [2.45, 2.75) is 12.8 Å². The summed E-state index contributed by atoms with van der Waals surface area (Å²) in [5.41, 5.74) is 13.6. The van der Waals surface area contributed by atoms with Crippen LogP contribution in [-0.2, 0) is 12.8 Å². The van der Waals surface area contributed by atoms with E-state index in [1.54, 1.807) is 0 Å². The second-order valence-corrected chi connectivity index (χ2v) is 7.50. The summed E-state index contributed by atoms with van der Waals surface area (Å²) < 4.78 is 0. The van der Waals surface area contributed by atoms with Crippen LogP contribution in [0.1, 0.15) is 22.3 Å². The minimum absolute atomic E-state index is 0.970. The third kappa shape index (κ3) is 2.25. The van der Waals surface area contributed by atoms with Gasteiger partial charge in [0.25, 0.3) is 0 Å². The first-order valence-electron chi connectivity index (χ1n) is 9.55. The highest BCUT2D eigenvalue weighted by molar-refractivity contribution is 5.85. The van der Waals surface area contributed by atoms with E-state index in [2.05, 4.69) is 90.2 Å². The Morgan fingerprint density at radius 3 is 2.26 bits per heavy atom. The van der Waals surface area contributed by atoms with Gasteiger partial charge in [-0.25, -0.2) is 0 Å². The van der Waals surface area contributed by atoms with Gasteiger partial charge in [0.15, 0.2) is 0 Å². The van der Waals surface area contributed by atoms with E-state index in [0.717, 1.165) is 12.8 Å². The van der Waals surface area contributed by atoms with Gasteiger partial charge in [-0.2, -0.15) is 0 Å². The van der Waals surface area contributed by atoms with Crippen LogP contribution in [0, 0.1) is 0 Å². The maximum atomic E-state index is 3.71. The lowest BCUT2D eigenvalue weighted by Crippen LogP contribution is -2.08. The van der Waals surface area contributed by atoms with E-state index >= 15 is 0 Å². The molecule has 1 nitrogen and oxygen atoms in total. The fraction of sp³-hybridized carbons (Fsp3) is 0.0769. The first kappa shape index (κ1) is 14.8. The Kier molecular flexibility index (Phi) is 3.06. The van der Waals surface area contributed by atoms with Gasteiger partial charge in [0.2, 0.25) is 0 Å². The quantitative estimate of drug-likeness (QED) is 0.355. The molecule has 1 N–H and O–H groups in total. The molecule has 1 heterocycles. The zero-order chi connectivity index (χ0) is 17.8. The zero-order valence-electron chi connectivity index (χ0n) is 15.0. The van der Waals surface area contributed by atoms with Crippen LogP contribution in [0.3, 0.4) is 0 Å². The molecular weight excluding hydrogens is 326 g/mol. The maximum Gasteiger partial charge on any atom is 0.0426 e. The average molecular weight is 345 g/mol. The van der Waals surface area contributed by atoms with Gasteiger partial charge in [0, 0.05) is 17.8 Å². The summed E-state index contributed by atoms with van der Waals surface area (Å²) in [6.45, 7) is 0. The van der Waals surface area contributed by atoms with Crippen molar-refractivity contribution in [3.8, 4) is 22.3 Å². The van der Waals surface area contributed by atoms with Crippen LogP contribution in [0.25, 0.3) is 22.3 Å². The molecule has 2 aliphatic rings. The minimum Gasteiger partial charge on any atom is -0.355 e. The molecule has 0 saturated heterocycles. The molecule has 0 spiro atoms. The molecule has 1 heteroatoms. The molecule has 4 aromatic carbocycles. The van der Waals surface area contributed by atoms with Crippen LogP contribution in [0.2, 0.25) is 0 Å². The molecule has 0 bridgehead atoms. The Balaban J connectivity index is 1.49. The highest BCUT2D eigenvalue weighted by Crippen LogP contribution is 2.44. The smallest absolute Gasteiger partial charge is 0.0426 e. The molecular formula is C26H19N. The lowest BCUT2D eigenvalue weighted by atomic mass is 9.88. The van der Waals surface area contributed by atoms with Crippen molar-refractivity contribution in [2.24, 2.45) is 0 Å². The molecule has 0 fully saturated rings. The Morgan fingerprint density at radius 1 is 0.519 bits per heavy atom. The van der Waals surface area contributed by atoms with Crippen molar-refractivity contribution in [2.75, 3.05) is 5.32 Å². The molecule has 128 valence electrons. The SMILES string of the molecule is c1ccc(-c2cccc3c2Cc2cc4c(cc2N3)Cc2ccccc2-4)cc1. The molecule has 0 aromatic heterocycles. The van der Waals surface area contributed by atoms with Gasteiger partial charge in [-0.15, -0.1) is 0 Å². The second-order valence-electron chi connectivity index (χ2n) is 7.50. The van der Waals surface area contributed by atoms with E-state index < -0.39 is 0 Å². The largest absolute Gasteiger partial charge is 0.355 e. The Hall–Kier alpha value is -3.32. The van der Waals surface area contributed by atoms with Crippen molar-refractivity contribution >= 4 is 11.4 Å². The molecule has 4 aromatic rings. The predicted molar refractivity (Wildman–Crippen MR) is 113 cm³/mol. The molecule has 27 heavy (non-hydrogen) atoms. The van der Waals surface area contributed by atoms with E-state index in [0.29, 0.717) is 0 Å². The molecule has 0 radical (unpaired) electrons. The van der Waals surface area contributed by atoms with Gasteiger partial charge in [0.1, 0.15) is 0 Å². The van der Waals surface area contributed by atoms with Crippen LogP contribution in [-0.4, -0.2) is 0 Å².